The fraction of sp³-hybridized carbons (Fsp3) is 0.217. The zero-order valence-electron chi connectivity index (χ0n) is 16.5. The minimum atomic E-state index is -0.00785. The van der Waals surface area contributed by atoms with E-state index in [2.05, 4.69) is 16.4 Å². The lowest BCUT2D eigenvalue weighted by Crippen LogP contribution is -2.28. The molecule has 0 bridgehead atoms. The van der Waals surface area contributed by atoms with E-state index in [0.717, 1.165) is 17.7 Å². The van der Waals surface area contributed by atoms with Gasteiger partial charge in [0.15, 0.2) is 11.5 Å². The number of nitrogens with zero attached hydrogens (tertiary/aromatic N) is 2. The molecule has 1 aliphatic rings. The maximum atomic E-state index is 13.0. The van der Waals surface area contributed by atoms with Crippen molar-refractivity contribution in [2.45, 2.75) is 13.0 Å². The number of ether oxygens (including phenoxy) is 2. The molecule has 0 spiro atoms. The van der Waals surface area contributed by atoms with Gasteiger partial charge in [0.2, 0.25) is 0 Å². The van der Waals surface area contributed by atoms with Crippen LogP contribution in [0.3, 0.4) is 0 Å². The van der Waals surface area contributed by atoms with Crippen molar-refractivity contribution in [1.29, 1.82) is 0 Å². The van der Waals surface area contributed by atoms with Gasteiger partial charge in [-0.05, 0) is 47.9 Å². The maximum absolute atomic E-state index is 13.0. The number of anilines is 2. The Hall–Kier alpha value is -3.54. The van der Waals surface area contributed by atoms with Gasteiger partial charge in [-0.3, -0.25) is 4.79 Å². The molecule has 2 heterocycles. The number of fused-ring (bicyclic) bond motifs is 1. The maximum Gasteiger partial charge on any atom is 0.258 e. The van der Waals surface area contributed by atoms with E-state index in [1.54, 1.807) is 32.5 Å². The van der Waals surface area contributed by atoms with Gasteiger partial charge in [0, 0.05) is 30.5 Å². The van der Waals surface area contributed by atoms with Crippen molar-refractivity contribution in [3.05, 3.63) is 77.5 Å². The highest BCUT2D eigenvalue weighted by atomic mass is 16.5. The van der Waals surface area contributed by atoms with Crippen LogP contribution in [0.15, 0.2) is 60.8 Å². The molecule has 1 aromatic heterocycles. The number of hydrogen-bond acceptors (Lipinski definition) is 5. The van der Waals surface area contributed by atoms with Crippen LogP contribution in [0.25, 0.3) is 0 Å². The van der Waals surface area contributed by atoms with Crippen LogP contribution in [0.2, 0.25) is 0 Å². The van der Waals surface area contributed by atoms with Gasteiger partial charge in [-0.1, -0.05) is 24.3 Å². The molecule has 2 aromatic carbocycles. The summed E-state index contributed by atoms with van der Waals surface area (Å²) in [4.78, 5) is 19.2. The van der Waals surface area contributed by atoms with Gasteiger partial charge < -0.3 is 19.7 Å². The molecule has 6 heteroatoms. The Balaban J connectivity index is 1.47. The number of amides is 1. The molecule has 0 atom stereocenters. The van der Waals surface area contributed by atoms with Gasteiger partial charge in [0.1, 0.15) is 5.82 Å². The first-order valence-corrected chi connectivity index (χ1v) is 9.50. The normalized spacial score (nSPS) is 12.4. The number of rotatable bonds is 6. The van der Waals surface area contributed by atoms with Crippen LogP contribution in [-0.2, 0) is 13.0 Å². The van der Waals surface area contributed by atoms with Crippen molar-refractivity contribution in [2.24, 2.45) is 0 Å². The van der Waals surface area contributed by atoms with E-state index in [9.17, 15) is 4.79 Å². The first kappa shape index (κ1) is 18.8. The van der Waals surface area contributed by atoms with Gasteiger partial charge in [0.05, 0.1) is 14.2 Å². The van der Waals surface area contributed by atoms with Crippen LogP contribution in [0.5, 0.6) is 11.5 Å². The van der Waals surface area contributed by atoms with Gasteiger partial charge in [-0.15, -0.1) is 0 Å². The van der Waals surface area contributed by atoms with E-state index in [4.69, 9.17) is 9.47 Å². The number of methoxy groups -OCH3 is 2. The Labute approximate surface area is 170 Å². The smallest absolute Gasteiger partial charge is 0.258 e. The van der Waals surface area contributed by atoms with Crippen LogP contribution in [-0.4, -0.2) is 31.7 Å². The standard InChI is InChI=1S/C23H23N3O3/c1-28-20-8-7-16(13-21(20)29-2)15-25-22-14-18(9-11-24-22)23(27)26-12-10-17-5-3-4-6-19(17)26/h3-9,11,13-14H,10,12,15H2,1-2H3,(H,24,25). The van der Waals surface area contributed by atoms with E-state index >= 15 is 0 Å². The van der Waals surface area contributed by atoms with Crippen molar-refractivity contribution in [3.63, 3.8) is 0 Å². The molecule has 148 valence electrons. The molecule has 0 saturated carbocycles. The molecule has 0 saturated heterocycles. The zero-order chi connectivity index (χ0) is 20.2. The first-order chi connectivity index (χ1) is 14.2. The van der Waals surface area contributed by atoms with E-state index < -0.39 is 0 Å². The molecule has 0 unspecified atom stereocenters. The summed E-state index contributed by atoms with van der Waals surface area (Å²) in [5.41, 5.74) is 3.84. The molecule has 4 rings (SSSR count). The number of benzene rings is 2. The highest BCUT2D eigenvalue weighted by Crippen LogP contribution is 2.30. The van der Waals surface area contributed by atoms with E-state index in [1.807, 2.05) is 41.3 Å². The van der Waals surface area contributed by atoms with E-state index in [0.29, 0.717) is 36.0 Å². The Kier molecular flexibility index (Phi) is 5.33. The number of para-hydroxylation sites is 1. The van der Waals surface area contributed by atoms with Crippen LogP contribution in [0.4, 0.5) is 11.5 Å². The summed E-state index contributed by atoms with van der Waals surface area (Å²) in [6, 6.07) is 17.3. The third-order valence-corrected chi connectivity index (χ3v) is 5.06. The molecule has 1 amide bonds. The average Bonchev–Trinajstić information content (AvgIpc) is 3.21. The van der Waals surface area contributed by atoms with Gasteiger partial charge in [0.25, 0.3) is 5.91 Å². The number of aromatic nitrogens is 1. The molecule has 0 fully saturated rings. The number of nitrogens with one attached hydrogen (secondary N) is 1. The Morgan fingerprint density at radius 1 is 1.07 bits per heavy atom. The lowest BCUT2D eigenvalue weighted by atomic mass is 10.1. The molecule has 0 aliphatic carbocycles. The Morgan fingerprint density at radius 3 is 2.72 bits per heavy atom. The van der Waals surface area contributed by atoms with Gasteiger partial charge in [-0.25, -0.2) is 4.98 Å². The average molecular weight is 389 g/mol. The number of carbonyl (C=O) groups is 1. The van der Waals surface area contributed by atoms with Crippen molar-refractivity contribution < 1.29 is 14.3 Å². The summed E-state index contributed by atoms with van der Waals surface area (Å²) in [6.07, 6.45) is 2.55. The van der Waals surface area contributed by atoms with Crippen LogP contribution in [0, 0.1) is 0 Å². The van der Waals surface area contributed by atoms with Gasteiger partial charge >= 0.3 is 0 Å². The van der Waals surface area contributed by atoms with Crippen molar-refractivity contribution in [1.82, 2.24) is 4.98 Å². The second kappa shape index (κ2) is 8.22. The SMILES string of the molecule is COc1ccc(CNc2cc(C(=O)N3CCc4ccccc43)ccn2)cc1OC. The quantitative estimate of drug-likeness (QED) is 0.692. The van der Waals surface area contributed by atoms with E-state index in [1.165, 1.54) is 5.56 Å². The number of carbonyl (C=O) groups excluding carboxylic acids is 1. The minimum absolute atomic E-state index is 0.00785. The second-order valence-corrected chi connectivity index (χ2v) is 6.81. The highest BCUT2D eigenvalue weighted by Gasteiger charge is 2.25. The number of pyridine rings is 1. The topological polar surface area (TPSA) is 63.7 Å². The predicted molar refractivity (Wildman–Crippen MR) is 113 cm³/mol. The lowest BCUT2D eigenvalue weighted by molar-refractivity contribution is 0.0989. The summed E-state index contributed by atoms with van der Waals surface area (Å²) in [7, 11) is 3.23. The Bertz CT molecular complexity index is 1040. The zero-order valence-corrected chi connectivity index (χ0v) is 16.5. The van der Waals surface area contributed by atoms with Crippen LogP contribution in [0.1, 0.15) is 21.5 Å². The summed E-state index contributed by atoms with van der Waals surface area (Å²) in [6.45, 7) is 1.26. The molecule has 3 aromatic rings. The second-order valence-electron chi connectivity index (χ2n) is 6.81. The molecule has 0 radical (unpaired) electrons. The van der Waals surface area contributed by atoms with Crippen molar-refractivity contribution in [2.75, 3.05) is 31.0 Å². The van der Waals surface area contributed by atoms with Crippen molar-refractivity contribution in [3.8, 4) is 11.5 Å². The predicted octanol–water partition coefficient (Wildman–Crippen LogP) is 3.91. The molecule has 29 heavy (non-hydrogen) atoms. The van der Waals surface area contributed by atoms with Crippen LogP contribution < -0.4 is 19.7 Å². The largest absolute Gasteiger partial charge is 0.493 e. The molecule has 6 nitrogen and oxygen atoms in total. The monoisotopic (exact) mass is 389 g/mol. The summed E-state index contributed by atoms with van der Waals surface area (Å²) in [5, 5.41) is 3.28. The first-order valence-electron chi connectivity index (χ1n) is 9.50. The highest BCUT2D eigenvalue weighted by molar-refractivity contribution is 6.07. The Morgan fingerprint density at radius 2 is 1.90 bits per heavy atom. The summed E-state index contributed by atoms with van der Waals surface area (Å²) in [5.74, 6) is 2.01. The summed E-state index contributed by atoms with van der Waals surface area (Å²) >= 11 is 0. The lowest BCUT2D eigenvalue weighted by Gasteiger charge is -2.17. The molecule has 1 aliphatic heterocycles. The fourth-order valence-electron chi connectivity index (χ4n) is 3.55. The fourth-order valence-corrected chi connectivity index (χ4v) is 3.55. The molecule has 1 N–H and O–H groups in total. The van der Waals surface area contributed by atoms with E-state index in [-0.39, 0.29) is 5.91 Å². The van der Waals surface area contributed by atoms with Crippen molar-refractivity contribution >= 4 is 17.4 Å². The summed E-state index contributed by atoms with van der Waals surface area (Å²) < 4.78 is 10.6. The number of hydrogen-bond donors (Lipinski definition) is 1. The molecular formula is C23H23N3O3. The van der Waals surface area contributed by atoms with Crippen LogP contribution >= 0.6 is 0 Å². The van der Waals surface area contributed by atoms with Gasteiger partial charge in [-0.2, -0.15) is 0 Å². The third kappa shape index (κ3) is 3.87. The molecular weight excluding hydrogens is 366 g/mol. The third-order valence-electron chi connectivity index (χ3n) is 5.06. The minimum Gasteiger partial charge on any atom is -0.493 e.